The van der Waals surface area contributed by atoms with Gasteiger partial charge in [0.25, 0.3) is 0 Å². The first kappa shape index (κ1) is 10.1. The van der Waals surface area contributed by atoms with E-state index in [4.69, 9.17) is 15.7 Å². The van der Waals surface area contributed by atoms with Crippen LogP contribution < -0.4 is 10.5 Å². The molecule has 4 nitrogen and oxygen atoms in total. The molecule has 0 aliphatic carbocycles. The number of hydrogen-bond acceptors (Lipinski definition) is 4. The number of ketones is 1. The number of nitriles is 1. The number of anilines is 1. The summed E-state index contributed by atoms with van der Waals surface area (Å²) in [6.07, 6.45) is 0. The van der Waals surface area contributed by atoms with Crippen LogP contribution >= 0.6 is 0 Å². The van der Waals surface area contributed by atoms with Crippen LogP contribution in [0.4, 0.5) is 5.69 Å². The van der Waals surface area contributed by atoms with Gasteiger partial charge in [-0.15, -0.1) is 0 Å². The van der Waals surface area contributed by atoms with Gasteiger partial charge in [-0.25, -0.2) is 0 Å². The van der Waals surface area contributed by atoms with Gasteiger partial charge in [-0.3, -0.25) is 4.79 Å². The fraction of sp³-hybridized carbons (Fsp3) is 0.200. The lowest BCUT2D eigenvalue weighted by Gasteiger charge is -2.08. The lowest BCUT2D eigenvalue weighted by Crippen LogP contribution is -2.05. The number of Topliss-reactive ketones (excluding diaryl/α,β-unsaturated/α-hetero) is 1. The second-order valence-electron chi connectivity index (χ2n) is 2.77. The number of ether oxygens (including phenoxy) is 1. The summed E-state index contributed by atoms with van der Waals surface area (Å²) < 4.78 is 4.95. The zero-order chi connectivity index (χ0) is 10.7. The summed E-state index contributed by atoms with van der Waals surface area (Å²) in [7, 11) is 1.46. The van der Waals surface area contributed by atoms with Gasteiger partial charge in [-0.1, -0.05) is 0 Å². The second kappa shape index (κ2) is 3.79. The molecular formula is C10H10N2O2. The number of nitrogen functional groups attached to an aromatic ring is 1. The Morgan fingerprint density at radius 2 is 2.21 bits per heavy atom. The molecule has 0 saturated heterocycles. The Morgan fingerprint density at radius 1 is 1.57 bits per heavy atom. The van der Waals surface area contributed by atoms with Crippen LogP contribution in [0.25, 0.3) is 0 Å². The first-order chi connectivity index (χ1) is 6.61. The minimum Gasteiger partial charge on any atom is -0.495 e. The van der Waals surface area contributed by atoms with E-state index in [9.17, 15) is 4.79 Å². The fourth-order valence-corrected chi connectivity index (χ4v) is 1.25. The molecule has 0 saturated carbocycles. The highest BCUT2D eigenvalue weighted by Gasteiger charge is 2.14. The SMILES string of the molecule is COc1ccc(C#N)c(C(C)=O)c1N. The average molecular weight is 190 g/mol. The molecule has 14 heavy (non-hydrogen) atoms. The van der Waals surface area contributed by atoms with Crippen molar-refractivity contribution in [1.82, 2.24) is 0 Å². The molecule has 0 amide bonds. The van der Waals surface area contributed by atoms with E-state index in [1.807, 2.05) is 6.07 Å². The first-order valence-electron chi connectivity index (χ1n) is 3.99. The molecule has 0 aromatic heterocycles. The van der Waals surface area contributed by atoms with E-state index in [0.717, 1.165) is 0 Å². The van der Waals surface area contributed by atoms with E-state index in [-0.39, 0.29) is 22.6 Å². The van der Waals surface area contributed by atoms with Gasteiger partial charge in [-0.2, -0.15) is 5.26 Å². The van der Waals surface area contributed by atoms with Crippen LogP contribution in [-0.2, 0) is 0 Å². The van der Waals surface area contributed by atoms with E-state index in [0.29, 0.717) is 5.75 Å². The van der Waals surface area contributed by atoms with E-state index in [1.54, 1.807) is 6.07 Å². The highest BCUT2D eigenvalue weighted by molar-refractivity contribution is 6.02. The van der Waals surface area contributed by atoms with Gasteiger partial charge in [0.2, 0.25) is 0 Å². The van der Waals surface area contributed by atoms with E-state index >= 15 is 0 Å². The third kappa shape index (κ3) is 1.52. The van der Waals surface area contributed by atoms with Crippen molar-refractivity contribution in [2.75, 3.05) is 12.8 Å². The van der Waals surface area contributed by atoms with Crippen molar-refractivity contribution in [2.24, 2.45) is 0 Å². The van der Waals surface area contributed by atoms with Gasteiger partial charge in [0, 0.05) is 0 Å². The third-order valence-corrected chi connectivity index (χ3v) is 1.90. The Balaban J connectivity index is 3.49. The topological polar surface area (TPSA) is 76.1 Å². The van der Waals surface area contributed by atoms with E-state index in [2.05, 4.69) is 0 Å². The molecule has 0 spiro atoms. The smallest absolute Gasteiger partial charge is 0.163 e. The molecule has 0 atom stereocenters. The minimum absolute atomic E-state index is 0.221. The molecule has 0 aliphatic rings. The summed E-state index contributed by atoms with van der Waals surface area (Å²) in [6.45, 7) is 1.37. The van der Waals surface area contributed by atoms with Gasteiger partial charge in [-0.05, 0) is 19.1 Å². The minimum atomic E-state index is -0.238. The van der Waals surface area contributed by atoms with Crippen molar-refractivity contribution in [2.45, 2.75) is 6.92 Å². The maximum atomic E-state index is 11.2. The number of hydrogen-bond donors (Lipinski definition) is 1. The van der Waals surface area contributed by atoms with Crippen molar-refractivity contribution in [1.29, 1.82) is 5.26 Å². The lowest BCUT2D eigenvalue weighted by molar-refractivity contribution is 0.101. The highest BCUT2D eigenvalue weighted by Crippen LogP contribution is 2.27. The lowest BCUT2D eigenvalue weighted by atomic mass is 10.0. The Morgan fingerprint density at radius 3 is 2.64 bits per heavy atom. The zero-order valence-corrected chi connectivity index (χ0v) is 8.00. The largest absolute Gasteiger partial charge is 0.495 e. The first-order valence-corrected chi connectivity index (χ1v) is 3.99. The fourth-order valence-electron chi connectivity index (χ4n) is 1.25. The molecule has 1 aromatic carbocycles. The van der Waals surface area contributed by atoms with E-state index < -0.39 is 0 Å². The molecule has 0 radical (unpaired) electrons. The summed E-state index contributed by atoms with van der Waals surface area (Å²) in [4.78, 5) is 11.2. The predicted molar refractivity (Wildman–Crippen MR) is 52.1 cm³/mol. The summed E-state index contributed by atoms with van der Waals surface area (Å²) in [5.74, 6) is 0.173. The van der Waals surface area contributed by atoms with Crippen molar-refractivity contribution >= 4 is 11.5 Å². The number of nitrogens with zero attached hydrogens (tertiary/aromatic N) is 1. The quantitative estimate of drug-likeness (QED) is 0.564. The number of nitrogens with two attached hydrogens (primary N) is 1. The van der Waals surface area contributed by atoms with Crippen molar-refractivity contribution in [3.8, 4) is 11.8 Å². The number of methoxy groups -OCH3 is 1. The Bertz CT molecular complexity index is 419. The van der Waals surface area contributed by atoms with Crippen LogP contribution in [0.2, 0.25) is 0 Å². The van der Waals surface area contributed by atoms with Crippen LogP contribution in [0.15, 0.2) is 12.1 Å². The molecule has 0 bridgehead atoms. The summed E-state index contributed by atoms with van der Waals surface area (Å²) in [5, 5.41) is 8.76. The molecule has 0 unspecified atom stereocenters. The normalized spacial score (nSPS) is 9.21. The molecule has 4 heteroatoms. The van der Waals surface area contributed by atoms with Crippen molar-refractivity contribution < 1.29 is 9.53 Å². The van der Waals surface area contributed by atoms with Gasteiger partial charge >= 0.3 is 0 Å². The molecule has 0 aliphatic heterocycles. The molecule has 1 rings (SSSR count). The number of benzene rings is 1. The maximum Gasteiger partial charge on any atom is 0.163 e. The molecule has 2 N–H and O–H groups in total. The molecule has 72 valence electrons. The Labute approximate surface area is 81.9 Å². The number of carbonyl (C=O) groups is 1. The Hall–Kier alpha value is -2.02. The third-order valence-electron chi connectivity index (χ3n) is 1.90. The molecule has 0 heterocycles. The molecule has 0 fully saturated rings. The van der Waals surface area contributed by atoms with Gasteiger partial charge in [0.15, 0.2) is 5.78 Å². The monoisotopic (exact) mass is 190 g/mol. The molecular weight excluding hydrogens is 180 g/mol. The highest BCUT2D eigenvalue weighted by atomic mass is 16.5. The average Bonchev–Trinajstić information content (AvgIpc) is 2.16. The second-order valence-corrected chi connectivity index (χ2v) is 2.77. The standard InChI is InChI=1S/C10H10N2O2/c1-6(13)9-7(5-11)3-4-8(14-2)10(9)12/h3-4H,12H2,1-2H3. The summed E-state index contributed by atoms with van der Waals surface area (Å²) in [6, 6.07) is 5.00. The van der Waals surface area contributed by atoms with Crippen LogP contribution in [0.3, 0.4) is 0 Å². The van der Waals surface area contributed by atoms with Gasteiger partial charge < -0.3 is 10.5 Å². The Kier molecular flexibility index (Phi) is 2.73. The summed E-state index contributed by atoms with van der Waals surface area (Å²) >= 11 is 0. The predicted octanol–water partition coefficient (Wildman–Crippen LogP) is 1.35. The van der Waals surface area contributed by atoms with Gasteiger partial charge in [0.05, 0.1) is 30.0 Å². The number of rotatable bonds is 2. The van der Waals surface area contributed by atoms with Gasteiger partial charge in [0.1, 0.15) is 5.75 Å². The van der Waals surface area contributed by atoms with Crippen LogP contribution in [-0.4, -0.2) is 12.9 Å². The van der Waals surface area contributed by atoms with E-state index in [1.165, 1.54) is 20.1 Å². The molecule has 1 aromatic rings. The maximum absolute atomic E-state index is 11.2. The summed E-state index contributed by atoms with van der Waals surface area (Å²) in [5.41, 5.74) is 6.40. The van der Waals surface area contributed by atoms with Crippen LogP contribution in [0.1, 0.15) is 22.8 Å². The number of carbonyl (C=O) groups excluding carboxylic acids is 1. The van der Waals surface area contributed by atoms with Crippen molar-refractivity contribution in [3.05, 3.63) is 23.3 Å². The zero-order valence-electron chi connectivity index (χ0n) is 8.00. The van der Waals surface area contributed by atoms with Crippen LogP contribution in [0, 0.1) is 11.3 Å². The van der Waals surface area contributed by atoms with Crippen LogP contribution in [0.5, 0.6) is 5.75 Å². The van der Waals surface area contributed by atoms with Crippen molar-refractivity contribution in [3.63, 3.8) is 0 Å².